The molecule has 18 heavy (non-hydrogen) atoms. The van der Waals surface area contributed by atoms with E-state index in [2.05, 4.69) is 28.8 Å². The van der Waals surface area contributed by atoms with E-state index in [-0.39, 0.29) is 5.41 Å². The lowest BCUT2D eigenvalue weighted by Gasteiger charge is -2.18. The van der Waals surface area contributed by atoms with Crippen molar-refractivity contribution in [2.24, 2.45) is 0 Å². The fourth-order valence-corrected chi connectivity index (χ4v) is 3.26. The number of halogens is 1. The van der Waals surface area contributed by atoms with E-state index in [9.17, 15) is 0 Å². The number of nitrogens with zero attached hydrogens (tertiary/aromatic N) is 4. The molecule has 1 aliphatic rings. The highest BCUT2D eigenvalue weighted by Crippen LogP contribution is 2.49. The molecular weight excluding hydrogens is 248 g/mol. The van der Waals surface area contributed by atoms with Gasteiger partial charge in [-0.3, -0.25) is 0 Å². The lowest BCUT2D eigenvalue weighted by Crippen LogP contribution is -2.19. The monoisotopic (exact) mass is 260 g/mol. The molecule has 0 spiro atoms. The van der Waals surface area contributed by atoms with Crippen molar-refractivity contribution in [3.05, 3.63) is 40.1 Å². The highest BCUT2D eigenvalue weighted by atomic mass is 35.5. The maximum atomic E-state index is 7.46. The van der Waals surface area contributed by atoms with Crippen LogP contribution in [0.4, 0.5) is 0 Å². The summed E-state index contributed by atoms with van der Waals surface area (Å²) in [5.74, 6) is 0. The maximum Gasteiger partial charge on any atom is 0.258 e. The highest BCUT2D eigenvalue weighted by molar-refractivity contribution is 6.29. The van der Waals surface area contributed by atoms with Crippen LogP contribution in [0.1, 0.15) is 38.4 Å². The Morgan fingerprint density at radius 2 is 2.17 bits per heavy atom. The van der Waals surface area contributed by atoms with E-state index in [1.807, 2.05) is 6.92 Å². The first-order chi connectivity index (χ1) is 8.37. The summed E-state index contributed by atoms with van der Waals surface area (Å²) in [6, 6.07) is 1.74. The van der Waals surface area contributed by atoms with Crippen LogP contribution < -0.4 is 0 Å². The Hall–Kier alpha value is -1.60. The molecule has 2 aromatic heterocycles. The Kier molecular flexibility index (Phi) is 2.07. The summed E-state index contributed by atoms with van der Waals surface area (Å²) in [5.41, 5.74) is 2.14. The third-order valence-corrected chi connectivity index (χ3v) is 3.89. The van der Waals surface area contributed by atoms with Gasteiger partial charge >= 0.3 is 0 Å². The number of fused-ring (bicyclic) bond motifs is 3. The largest absolute Gasteiger partial charge is 0.305 e. The minimum Gasteiger partial charge on any atom is -0.305 e. The van der Waals surface area contributed by atoms with Gasteiger partial charge in [-0.05, 0) is 0 Å². The molecule has 1 atom stereocenters. The molecule has 4 nitrogen and oxygen atoms in total. The van der Waals surface area contributed by atoms with Crippen LogP contribution in [0.15, 0.2) is 12.3 Å². The Morgan fingerprint density at radius 1 is 1.44 bits per heavy atom. The lowest BCUT2D eigenvalue weighted by atomic mass is 9.87. The first kappa shape index (κ1) is 11.5. The summed E-state index contributed by atoms with van der Waals surface area (Å²) in [6.45, 7) is 13.7. The van der Waals surface area contributed by atoms with Crippen LogP contribution >= 0.6 is 11.6 Å². The van der Waals surface area contributed by atoms with Crippen molar-refractivity contribution in [1.29, 1.82) is 0 Å². The molecule has 0 radical (unpaired) electrons. The molecule has 3 rings (SSSR count). The van der Waals surface area contributed by atoms with Crippen LogP contribution in [-0.2, 0) is 11.0 Å². The van der Waals surface area contributed by atoms with Crippen LogP contribution in [-0.4, -0.2) is 14.6 Å². The SMILES string of the molecule is [C-]#[N+]C1(C)CC(C)(C)c2c1cnc1cc(Cl)nn21. The summed E-state index contributed by atoms with van der Waals surface area (Å²) in [5, 5.41) is 4.73. The smallest absolute Gasteiger partial charge is 0.258 e. The summed E-state index contributed by atoms with van der Waals surface area (Å²) < 4.78 is 1.79. The molecule has 2 aromatic rings. The van der Waals surface area contributed by atoms with Crippen LogP contribution in [0.3, 0.4) is 0 Å². The predicted octanol–water partition coefficient (Wildman–Crippen LogP) is 3.20. The van der Waals surface area contributed by atoms with Gasteiger partial charge in [-0.1, -0.05) is 25.4 Å². The normalized spacial score (nSPS) is 25.1. The van der Waals surface area contributed by atoms with Crippen molar-refractivity contribution in [3.8, 4) is 0 Å². The van der Waals surface area contributed by atoms with Gasteiger partial charge in [0.25, 0.3) is 5.54 Å². The Bertz CT molecular complexity index is 695. The third kappa shape index (κ3) is 1.31. The van der Waals surface area contributed by atoms with Gasteiger partial charge in [0.1, 0.15) is 0 Å². The number of hydrogen-bond donors (Lipinski definition) is 0. The molecule has 0 aliphatic heterocycles. The fourth-order valence-electron chi connectivity index (χ4n) is 3.09. The van der Waals surface area contributed by atoms with Crippen LogP contribution in [0.25, 0.3) is 10.5 Å². The Labute approximate surface area is 110 Å². The quantitative estimate of drug-likeness (QED) is 0.682. The number of hydrogen-bond acceptors (Lipinski definition) is 2. The average molecular weight is 261 g/mol. The van der Waals surface area contributed by atoms with Gasteiger partial charge in [-0.25, -0.2) is 16.1 Å². The molecule has 0 aromatic carbocycles. The molecule has 0 saturated carbocycles. The molecule has 5 heteroatoms. The molecule has 2 heterocycles. The predicted molar refractivity (Wildman–Crippen MR) is 69.6 cm³/mol. The Balaban J connectivity index is 2.44. The van der Waals surface area contributed by atoms with E-state index >= 15 is 0 Å². The fraction of sp³-hybridized carbons (Fsp3) is 0.462. The van der Waals surface area contributed by atoms with Crippen molar-refractivity contribution in [3.63, 3.8) is 0 Å². The molecule has 0 saturated heterocycles. The Morgan fingerprint density at radius 3 is 2.83 bits per heavy atom. The van der Waals surface area contributed by atoms with Crippen LogP contribution in [0.2, 0.25) is 5.15 Å². The summed E-state index contributed by atoms with van der Waals surface area (Å²) in [4.78, 5) is 8.16. The number of aromatic nitrogens is 3. The molecule has 92 valence electrons. The van der Waals surface area contributed by atoms with Gasteiger partial charge < -0.3 is 4.85 Å². The first-order valence-corrected chi connectivity index (χ1v) is 6.19. The van der Waals surface area contributed by atoms with E-state index in [0.29, 0.717) is 5.15 Å². The second kappa shape index (κ2) is 3.24. The molecule has 0 bridgehead atoms. The first-order valence-electron chi connectivity index (χ1n) is 5.81. The van der Waals surface area contributed by atoms with E-state index in [1.54, 1.807) is 16.8 Å². The van der Waals surface area contributed by atoms with Gasteiger partial charge in [0.2, 0.25) is 0 Å². The zero-order valence-corrected chi connectivity index (χ0v) is 11.3. The molecule has 0 amide bonds. The van der Waals surface area contributed by atoms with Crippen molar-refractivity contribution in [2.75, 3.05) is 0 Å². The second-order valence-corrected chi connectivity index (χ2v) is 6.09. The maximum absolute atomic E-state index is 7.46. The van der Waals surface area contributed by atoms with E-state index < -0.39 is 5.54 Å². The summed E-state index contributed by atoms with van der Waals surface area (Å²) in [7, 11) is 0. The molecule has 1 aliphatic carbocycles. The second-order valence-electron chi connectivity index (χ2n) is 5.70. The number of rotatable bonds is 0. The van der Waals surface area contributed by atoms with E-state index in [4.69, 9.17) is 18.2 Å². The van der Waals surface area contributed by atoms with Gasteiger partial charge in [-0.2, -0.15) is 5.10 Å². The molecule has 0 N–H and O–H groups in total. The minimum atomic E-state index is -0.515. The van der Waals surface area contributed by atoms with Crippen molar-refractivity contribution < 1.29 is 0 Å². The van der Waals surface area contributed by atoms with Crippen molar-refractivity contribution in [1.82, 2.24) is 14.6 Å². The topological polar surface area (TPSA) is 34.5 Å². The zero-order chi connectivity index (χ0) is 13.1. The van der Waals surface area contributed by atoms with Gasteiger partial charge in [0.05, 0.1) is 11.3 Å². The van der Waals surface area contributed by atoms with E-state index in [0.717, 1.165) is 23.3 Å². The van der Waals surface area contributed by atoms with Crippen LogP contribution in [0, 0.1) is 6.57 Å². The van der Waals surface area contributed by atoms with Gasteiger partial charge in [0.15, 0.2) is 10.8 Å². The lowest BCUT2D eigenvalue weighted by molar-refractivity contribution is 0.422. The third-order valence-electron chi connectivity index (χ3n) is 3.71. The van der Waals surface area contributed by atoms with Gasteiger partial charge in [0, 0.05) is 31.0 Å². The molecule has 0 fully saturated rings. The standard InChI is InChI=1S/C13H13ClN4/c1-12(2)7-13(3,15-4)8-6-16-10-5-9(14)17-18(10)11(8)12/h5-6H,7H2,1-3H3. The van der Waals surface area contributed by atoms with Gasteiger partial charge in [-0.15, -0.1) is 0 Å². The van der Waals surface area contributed by atoms with Crippen LogP contribution in [0.5, 0.6) is 0 Å². The molecular formula is C13H13ClN4. The van der Waals surface area contributed by atoms with E-state index in [1.165, 1.54) is 0 Å². The minimum absolute atomic E-state index is 0.106. The highest BCUT2D eigenvalue weighted by Gasteiger charge is 2.52. The average Bonchev–Trinajstić information content (AvgIpc) is 2.74. The van der Waals surface area contributed by atoms with Crippen molar-refractivity contribution >= 4 is 17.2 Å². The summed E-state index contributed by atoms with van der Waals surface area (Å²) in [6.07, 6.45) is 2.58. The zero-order valence-electron chi connectivity index (χ0n) is 10.5. The summed E-state index contributed by atoms with van der Waals surface area (Å²) >= 11 is 5.95. The van der Waals surface area contributed by atoms with Crippen molar-refractivity contribution in [2.45, 2.75) is 38.1 Å². The molecule has 1 unspecified atom stereocenters.